The average molecular weight is 236 g/mol. The lowest BCUT2D eigenvalue weighted by atomic mass is 10.0. The second kappa shape index (κ2) is 5.74. The molecule has 1 aromatic rings. The molecule has 17 heavy (non-hydrogen) atoms. The van der Waals surface area contributed by atoms with Crippen molar-refractivity contribution >= 4 is 17.5 Å². The van der Waals surface area contributed by atoms with Gasteiger partial charge in [-0.05, 0) is 26.0 Å². The number of carbonyl (C=O) groups excluding carboxylic acids is 2. The smallest absolute Gasteiger partial charge is 0.327 e. The number of aromatic nitrogens is 1. The van der Waals surface area contributed by atoms with Gasteiger partial charge in [0.15, 0.2) is 5.92 Å². The molecule has 0 fully saturated rings. The number of pyridine rings is 1. The number of carbonyl (C=O) groups is 2. The van der Waals surface area contributed by atoms with Crippen molar-refractivity contribution in [3.63, 3.8) is 0 Å². The Morgan fingerprint density at radius 3 is 2.65 bits per heavy atom. The summed E-state index contributed by atoms with van der Waals surface area (Å²) in [5, 5.41) is 11.4. The van der Waals surface area contributed by atoms with E-state index in [1.807, 2.05) is 0 Å². The highest BCUT2D eigenvalue weighted by Crippen LogP contribution is 2.11. The van der Waals surface area contributed by atoms with Crippen molar-refractivity contribution in [3.8, 4) is 5.75 Å². The first-order chi connectivity index (χ1) is 8.06. The molecule has 1 atom stereocenters. The first-order valence-electron chi connectivity index (χ1n) is 4.87. The third-order valence-electron chi connectivity index (χ3n) is 2.07. The molecule has 90 valence electrons. The Morgan fingerprint density at radius 1 is 1.47 bits per heavy atom. The van der Waals surface area contributed by atoms with Gasteiger partial charge in [0.05, 0.1) is 11.9 Å². The minimum absolute atomic E-state index is 0.00797. The standard InChI is InChI=1S/C11H12N2O4/c1-7(13-16)10(8(2)14)11(15)17-9-4-3-5-12-6-9/h3-6,10,16H,1-2H3. The molecule has 0 spiro atoms. The number of ether oxygens (including phenoxy) is 1. The Bertz CT molecular complexity index is 442. The Labute approximate surface area is 97.9 Å². The highest BCUT2D eigenvalue weighted by molar-refractivity contribution is 6.17. The molecule has 0 aliphatic heterocycles. The van der Waals surface area contributed by atoms with Gasteiger partial charge in [-0.3, -0.25) is 14.6 Å². The molecule has 1 rings (SSSR count). The molecule has 0 aliphatic carbocycles. The fourth-order valence-electron chi connectivity index (χ4n) is 1.27. The highest BCUT2D eigenvalue weighted by Gasteiger charge is 2.29. The fourth-order valence-corrected chi connectivity index (χ4v) is 1.27. The molecule has 1 heterocycles. The zero-order valence-electron chi connectivity index (χ0n) is 9.45. The van der Waals surface area contributed by atoms with Gasteiger partial charge >= 0.3 is 5.97 Å². The summed E-state index contributed by atoms with van der Waals surface area (Å²) in [5.41, 5.74) is -0.00797. The molecule has 1 unspecified atom stereocenters. The summed E-state index contributed by atoms with van der Waals surface area (Å²) < 4.78 is 4.95. The molecule has 1 N–H and O–H groups in total. The van der Waals surface area contributed by atoms with E-state index in [9.17, 15) is 9.59 Å². The average Bonchev–Trinajstić information content (AvgIpc) is 2.29. The molecule has 1 aromatic heterocycles. The van der Waals surface area contributed by atoms with Crippen LogP contribution in [0.15, 0.2) is 29.7 Å². The van der Waals surface area contributed by atoms with Crippen LogP contribution in [0.2, 0.25) is 0 Å². The predicted molar refractivity (Wildman–Crippen MR) is 58.9 cm³/mol. The normalized spacial score (nSPS) is 12.9. The van der Waals surface area contributed by atoms with Crippen LogP contribution < -0.4 is 4.74 Å². The number of hydrogen-bond donors (Lipinski definition) is 1. The van der Waals surface area contributed by atoms with E-state index < -0.39 is 17.7 Å². The van der Waals surface area contributed by atoms with Crippen molar-refractivity contribution < 1.29 is 19.5 Å². The zero-order chi connectivity index (χ0) is 12.8. The SMILES string of the molecule is CC(=O)C(C(=O)Oc1cccnc1)C(C)=NO. The van der Waals surface area contributed by atoms with E-state index in [1.165, 1.54) is 32.3 Å². The monoisotopic (exact) mass is 236 g/mol. The maximum Gasteiger partial charge on any atom is 0.327 e. The molecule has 0 aliphatic rings. The number of ketones is 1. The van der Waals surface area contributed by atoms with E-state index in [4.69, 9.17) is 9.94 Å². The summed E-state index contributed by atoms with van der Waals surface area (Å²) in [4.78, 5) is 26.7. The van der Waals surface area contributed by atoms with Crippen LogP contribution in [0, 0.1) is 5.92 Å². The minimum Gasteiger partial charge on any atom is -0.424 e. The first kappa shape index (κ1) is 12.8. The summed E-state index contributed by atoms with van der Waals surface area (Å²) in [6, 6.07) is 3.13. The van der Waals surface area contributed by atoms with Gasteiger partial charge in [0.2, 0.25) is 0 Å². The van der Waals surface area contributed by atoms with Crippen LogP contribution in [0.1, 0.15) is 13.8 Å². The van der Waals surface area contributed by atoms with Crippen LogP contribution >= 0.6 is 0 Å². The molecule has 6 heteroatoms. The topological polar surface area (TPSA) is 88.9 Å². The third kappa shape index (κ3) is 3.37. The van der Waals surface area contributed by atoms with Crippen molar-refractivity contribution in [1.82, 2.24) is 4.98 Å². The summed E-state index contributed by atoms with van der Waals surface area (Å²) in [6.07, 6.45) is 2.88. The summed E-state index contributed by atoms with van der Waals surface area (Å²) in [7, 11) is 0. The predicted octanol–water partition coefficient (Wildman–Crippen LogP) is 1.04. The highest BCUT2D eigenvalue weighted by atomic mass is 16.5. The molecule has 0 radical (unpaired) electrons. The molecular weight excluding hydrogens is 224 g/mol. The van der Waals surface area contributed by atoms with Crippen molar-refractivity contribution in [1.29, 1.82) is 0 Å². The quantitative estimate of drug-likeness (QED) is 0.277. The van der Waals surface area contributed by atoms with Crippen LogP contribution in [0.25, 0.3) is 0 Å². The molecule has 0 saturated heterocycles. The van der Waals surface area contributed by atoms with Crippen LogP contribution in [-0.4, -0.2) is 27.7 Å². The van der Waals surface area contributed by atoms with Crippen LogP contribution in [0.5, 0.6) is 5.75 Å². The van der Waals surface area contributed by atoms with E-state index in [-0.39, 0.29) is 11.5 Å². The van der Waals surface area contributed by atoms with Crippen LogP contribution in [0.4, 0.5) is 0 Å². The second-order valence-electron chi connectivity index (χ2n) is 3.39. The Balaban J connectivity index is 2.84. The van der Waals surface area contributed by atoms with Crippen molar-refractivity contribution in [3.05, 3.63) is 24.5 Å². The largest absolute Gasteiger partial charge is 0.424 e. The summed E-state index contributed by atoms with van der Waals surface area (Å²) in [6.45, 7) is 2.60. The molecule has 0 aromatic carbocycles. The van der Waals surface area contributed by atoms with Gasteiger partial charge in [0.25, 0.3) is 0 Å². The van der Waals surface area contributed by atoms with E-state index >= 15 is 0 Å². The van der Waals surface area contributed by atoms with Crippen molar-refractivity contribution in [2.75, 3.05) is 0 Å². The van der Waals surface area contributed by atoms with Crippen LogP contribution in [-0.2, 0) is 9.59 Å². The molecule has 6 nitrogen and oxygen atoms in total. The van der Waals surface area contributed by atoms with Gasteiger partial charge in [0, 0.05) is 6.20 Å². The lowest BCUT2D eigenvalue weighted by Gasteiger charge is -2.11. The van der Waals surface area contributed by atoms with Gasteiger partial charge in [0.1, 0.15) is 11.5 Å². The number of Topliss-reactive ketones (excluding diaryl/α,β-unsaturated/α-hetero) is 1. The van der Waals surface area contributed by atoms with Gasteiger partial charge in [-0.1, -0.05) is 5.16 Å². The maximum atomic E-state index is 11.7. The number of hydrogen-bond acceptors (Lipinski definition) is 6. The third-order valence-corrected chi connectivity index (χ3v) is 2.07. The molecule has 0 amide bonds. The number of nitrogens with zero attached hydrogens (tertiary/aromatic N) is 2. The fraction of sp³-hybridized carbons (Fsp3) is 0.273. The Morgan fingerprint density at radius 2 is 2.18 bits per heavy atom. The van der Waals surface area contributed by atoms with E-state index in [0.29, 0.717) is 0 Å². The van der Waals surface area contributed by atoms with Gasteiger partial charge in [-0.2, -0.15) is 0 Å². The van der Waals surface area contributed by atoms with E-state index in [0.717, 1.165) is 0 Å². The second-order valence-corrected chi connectivity index (χ2v) is 3.39. The lowest BCUT2D eigenvalue weighted by Crippen LogP contribution is -2.32. The van der Waals surface area contributed by atoms with Gasteiger partial charge < -0.3 is 9.94 Å². The van der Waals surface area contributed by atoms with E-state index in [1.54, 1.807) is 6.07 Å². The summed E-state index contributed by atoms with van der Waals surface area (Å²) >= 11 is 0. The number of oxime groups is 1. The zero-order valence-corrected chi connectivity index (χ0v) is 9.45. The Hall–Kier alpha value is -2.24. The van der Waals surface area contributed by atoms with Gasteiger partial charge in [-0.15, -0.1) is 0 Å². The number of esters is 1. The first-order valence-corrected chi connectivity index (χ1v) is 4.87. The van der Waals surface area contributed by atoms with Gasteiger partial charge in [-0.25, -0.2) is 0 Å². The molecule has 0 bridgehead atoms. The van der Waals surface area contributed by atoms with Crippen molar-refractivity contribution in [2.45, 2.75) is 13.8 Å². The number of rotatable bonds is 4. The Kier molecular flexibility index (Phi) is 4.33. The molecular formula is C11H12N2O4. The maximum absolute atomic E-state index is 11.7. The molecule has 0 saturated carbocycles. The van der Waals surface area contributed by atoms with Crippen LogP contribution in [0.3, 0.4) is 0 Å². The summed E-state index contributed by atoms with van der Waals surface area (Å²) in [5.74, 6) is -2.20. The lowest BCUT2D eigenvalue weighted by molar-refractivity contribution is -0.140. The van der Waals surface area contributed by atoms with E-state index in [2.05, 4.69) is 10.1 Å². The van der Waals surface area contributed by atoms with Crippen molar-refractivity contribution in [2.24, 2.45) is 11.1 Å². The minimum atomic E-state index is -1.19.